The number of carboxylic acids is 1. The maximum absolute atomic E-state index is 13.6. The van der Waals surface area contributed by atoms with Crippen molar-refractivity contribution in [2.75, 3.05) is 30.9 Å². The van der Waals surface area contributed by atoms with Crippen LogP contribution in [0.25, 0.3) is 11.3 Å². The number of cyclic esters (lactones) is 1. The Balaban J connectivity index is 0.00000216. The van der Waals surface area contributed by atoms with Crippen LogP contribution in [0.1, 0.15) is 57.0 Å². The van der Waals surface area contributed by atoms with E-state index in [2.05, 4.69) is 50.4 Å². The van der Waals surface area contributed by atoms with Gasteiger partial charge in [0.05, 0.1) is 23.3 Å². The lowest BCUT2D eigenvalue weighted by molar-refractivity contribution is 0.0547. The number of benzene rings is 2. The molecule has 3 aromatic rings. The number of amides is 1. The third-order valence-electron chi connectivity index (χ3n) is 6.87. The molecular weight excluding hydrogens is 535 g/mol. The number of nitrogens with zero attached hydrogens (tertiary/aromatic N) is 4. The molecule has 1 aromatic heterocycles. The predicted molar refractivity (Wildman–Crippen MR) is 156 cm³/mol. The van der Waals surface area contributed by atoms with Gasteiger partial charge in [-0.1, -0.05) is 6.92 Å². The lowest BCUT2D eigenvalue weighted by atomic mass is 10.0. The zero-order valence-corrected chi connectivity index (χ0v) is 24.7. The Morgan fingerprint density at radius 3 is 2.33 bits per heavy atom. The van der Waals surface area contributed by atoms with Crippen LogP contribution in [-0.2, 0) is 16.8 Å². The number of hydrogen-bond donors (Lipinski definition) is 1. The van der Waals surface area contributed by atoms with E-state index in [9.17, 15) is 14.0 Å². The van der Waals surface area contributed by atoms with Crippen molar-refractivity contribution in [3.63, 3.8) is 0 Å². The number of aromatic carboxylic acids is 1. The molecule has 1 unspecified atom stereocenters. The number of carboxylic acid groups (broad SMARTS) is 1. The molecule has 1 aliphatic heterocycles. The van der Waals surface area contributed by atoms with Crippen molar-refractivity contribution in [1.82, 2.24) is 14.7 Å². The molecule has 0 aliphatic carbocycles. The highest BCUT2D eigenvalue weighted by molar-refractivity contribution is 6.15. The Morgan fingerprint density at radius 2 is 1.77 bits per heavy atom. The number of alkyl halides is 1. The minimum atomic E-state index is -1.01. The van der Waals surface area contributed by atoms with Crippen LogP contribution in [0.3, 0.4) is 0 Å². The van der Waals surface area contributed by atoms with Gasteiger partial charge in [0.15, 0.2) is 0 Å². The Morgan fingerprint density at radius 1 is 1.15 bits per heavy atom. The molecule has 40 heavy (non-hydrogen) atoms. The predicted octanol–water partition coefficient (Wildman–Crippen LogP) is 6.62. The number of carbonyl (C=O) groups excluding carboxylic acids is 1. The summed E-state index contributed by atoms with van der Waals surface area (Å²) in [7, 11) is 0. The SMILES string of the molecule is CCN(CCC1(C)CN(c2ccc(C(=O)O)cc2)C(=O)O1)Cc1cn(C(C)(C)C)nc1-c1ccc(F)cc1.CCl. The van der Waals surface area contributed by atoms with Crippen LogP contribution in [0.4, 0.5) is 14.9 Å². The first-order valence-electron chi connectivity index (χ1n) is 13.2. The third kappa shape index (κ3) is 7.40. The second kappa shape index (κ2) is 12.8. The van der Waals surface area contributed by atoms with Gasteiger partial charge in [0.25, 0.3) is 0 Å². The summed E-state index contributed by atoms with van der Waals surface area (Å²) in [5.74, 6) is -1.30. The summed E-state index contributed by atoms with van der Waals surface area (Å²) in [5, 5.41) is 14.0. The quantitative estimate of drug-likeness (QED) is 0.290. The van der Waals surface area contributed by atoms with E-state index in [1.807, 2.05) is 11.6 Å². The lowest BCUT2D eigenvalue weighted by Crippen LogP contribution is -2.36. The highest BCUT2D eigenvalue weighted by atomic mass is 35.5. The summed E-state index contributed by atoms with van der Waals surface area (Å²) in [6.45, 7) is 12.8. The molecule has 1 saturated heterocycles. The molecule has 2 heterocycles. The Labute approximate surface area is 240 Å². The van der Waals surface area contributed by atoms with Crippen molar-refractivity contribution in [2.45, 2.75) is 58.7 Å². The fourth-order valence-electron chi connectivity index (χ4n) is 4.51. The third-order valence-corrected chi connectivity index (χ3v) is 6.87. The van der Waals surface area contributed by atoms with Crippen molar-refractivity contribution in [2.24, 2.45) is 0 Å². The number of carbonyl (C=O) groups is 2. The summed E-state index contributed by atoms with van der Waals surface area (Å²) in [4.78, 5) is 27.6. The van der Waals surface area contributed by atoms with E-state index in [1.165, 1.54) is 30.6 Å². The topological polar surface area (TPSA) is 87.9 Å². The zero-order valence-electron chi connectivity index (χ0n) is 23.9. The molecule has 216 valence electrons. The van der Waals surface area contributed by atoms with E-state index >= 15 is 0 Å². The van der Waals surface area contributed by atoms with Gasteiger partial charge in [0.2, 0.25) is 0 Å². The molecule has 1 atom stereocenters. The average molecular weight is 573 g/mol. The van der Waals surface area contributed by atoms with Gasteiger partial charge < -0.3 is 9.84 Å². The average Bonchev–Trinajstić information content (AvgIpc) is 3.49. The molecule has 1 amide bonds. The number of hydrogen-bond acceptors (Lipinski definition) is 5. The molecule has 4 rings (SSSR count). The van der Waals surface area contributed by atoms with Crippen LogP contribution in [0, 0.1) is 5.82 Å². The Hall–Kier alpha value is -3.43. The van der Waals surface area contributed by atoms with Crippen LogP contribution < -0.4 is 4.90 Å². The molecule has 2 aromatic carbocycles. The number of halogens is 2. The van der Waals surface area contributed by atoms with Crippen molar-refractivity contribution in [3.8, 4) is 11.3 Å². The molecule has 10 heteroatoms. The monoisotopic (exact) mass is 572 g/mol. The largest absolute Gasteiger partial charge is 0.478 e. The molecule has 0 saturated carbocycles. The van der Waals surface area contributed by atoms with Gasteiger partial charge in [-0.3, -0.25) is 14.5 Å². The van der Waals surface area contributed by atoms with E-state index in [4.69, 9.17) is 14.9 Å². The van der Waals surface area contributed by atoms with Gasteiger partial charge in [-0.25, -0.2) is 14.0 Å². The molecule has 8 nitrogen and oxygen atoms in total. The van der Waals surface area contributed by atoms with Gasteiger partial charge in [-0.15, -0.1) is 11.6 Å². The van der Waals surface area contributed by atoms with Gasteiger partial charge in [0.1, 0.15) is 11.4 Å². The van der Waals surface area contributed by atoms with Crippen molar-refractivity contribution < 1.29 is 23.8 Å². The van der Waals surface area contributed by atoms with E-state index in [0.717, 1.165) is 23.4 Å². The number of anilines is 1. The first-order chi connectivity index (χ1) is 18.9. The van der Waals surface area contributed by atoms with E-state index < -0.39 is 17.7 Å². The highest BCUT2D eigenvalue weighted by Crippen LogP contribution is 2.32. The summed E-state index contributed by atoms with van der Waals surface area (Å²) in [6, 6.07) is 12.6. The van der Waals surface area contributed by atoms with Gasteiger partial charge in [-0.05, 0) is 82.8 Å². The molecule has 0 radical (unpaired) electrons. The molecule has 1 aliphatic rings. The summed E-state index contributed by atoms with van der Waals surface area (Å²) in [5.41, 5.74) is 2.61. The van der Waals surface area contributed by atoms with Crippen molar-refractivity contribution in [3.05, 3.63) is 71.7 Å². The minimum Gasteiger partial charge on any atom is -0.478 e. The van der Waals surface area contributed by atoms with E-state index in [0.29, 0.717) is 31.7 Å². The highest BCUT2D eigenvalue weighted by Gasteiger charge is 2.42. The second-order valence-electron chi connectivity index (χ2n) is 11.0. The minimum absolute atomic E-state index is 0.164. The second-order valence-corrected chi connectivity index (χ2v) is 11.0. The lowest BCUT2D eigenvalue weighted by Gasteiger charge is -2.27. The van der Waals surface area contributed by atoms with Crippen LogP contribution in [0.2, 0.25) is 0 Å². The number of rotatable bonds is 9. The Kier molecular flexibility index (Phi) is 9.97. The summed E-state index contributed by atoms with van der Waals surface area (Å²) < 4.78 is 21.3. The van der Waals surface area contributed by atoms with E-state index in [-0.39, 0.29) is 16.9 Å². The van der Waals surface area contributed by atoms with Crippen molar-refractivity contribution >= 4 is 29.4 Å². The maximum atomic E-state index is 13.6. The maximum Gasteiger partial charge on any atom is 0.415 e. The number of ether oxygens (including phenoxy) is 1. The fraction of sp³-hybridized carbons (Fsp3) is 0.433. The first-order valence-corrected chi connectivity index (χ1v) is 13.9. The molecule has 1 fully saturated rings. The first kappa shape index (κ1) is 31.1. The van der Waals surface area contributed by atoms with Crippen molar-refractivity contribution in [1.29, 1.82) is 0 Å². The standard InChI is InChI=1S/C29H35FN4O4.CH3Cl/c1-6-32(17-22-18-34(28(2,3)4)31-25(22)20-7-11-23(30)12-8-20)16-15-29(5)19-33(27(37)38-29)24-13-9-21(10-14-24)26(35)36;1-2/h7-14,18H,6,15-17,19H2,1-5H3,(H,35,36);1H3. The van der Waals surface area contributed by atoms with Crippen LogP contribution in [0.5, 0.6) is 0 Å². The van der Waals surface area contributed by atoms with Crippen LogP contribution in [0.15, 0.2) is 54.7 Å². The van der Waals surface area contributed by atoms with Gasteiger partial charge in [0, 0.05) is 48.9 Å². The fourth-order valence-corrected chi connectivity index (χ4v) is 4.51. The summed E-state index contributed by atoms with van der Waals surface area (Å²) >= 11 is 4.64. The molecule has 1 N–H and O–H groups in total. The van der Waals surface area contributed by atoms with Gasteiger partial charge >= 0.3 is 12.1 Å². The van der Waals surface area contributed by atoms with Crippen LogP contribution in [-0.4, -0.2) is 63.5 Å². The van der Waals surface area contributed by atoms with Gasteiger partial charge in [-0.2, -0.15) is 5.10 Å². The Bertz CT molecular complexity index is 1300. The normalized spacial score (nSPS) is 17.0. The zero-order chi connectivity index (χ0) is 29.7. The summed E-state index contributed by atoms with van der Waals surface area (Å²) in [6.07, 6.45) is 3.71. The molecular formula is C30H38ClFN4O4. The number of aromatic nitrogens is 2. The molecule has 0 bridgehead atoms. The van der Waals surface area contributed by atoms with E-state index in [1.54, 1.807) is 29.2 Å². The smallest absolute Gasteiger partial charge is 0.415 e. The van der Waals surface area contributed by atoms with Crippen LogP contribution >= 0.6 is 11.6 Å². The molecule has 0 spiro atoms.